The summed E-state index contributed by atoms with van der Waals surface area (Å²) in [5, 5.41) is 18.0. The summed E-state index contributed by atoms with van der Waals surface area (Å²) in [6.45, 7) is 7.39. The van der Waals surface area contributed by atoms with Crippen LogP contribution in [0.4, 0.5) is 0 Å². The van der Waals surface area contributed by atoms with Gasteiger partial charge in [0.2, 0.25) is 0 Å². The lowest BCUT2D eigenvalue weighted by atomic mass is 10.0. The molecule has 0 N–H and O–H groups in total. The second-order valence-electron chi connectivity index (χ2n) is 6.96. The molecule has 0 unspecified atom stereocenters. The Labute approximate surface area is 154 Å². The second kappa shape index (κ2) is 12.4. The molecule has 1 rings (SSSR count). The number of rotatable bonds is 11. The first kappa shape index (κ1) is 21.0. The highest BCUT2D eigenvalue weighted by atomic mass is 15.1. The van der Waals surface area contributed by atoms with Crippen LogP contribution in [0, 0.1) is 22.7 Å². The van der Waals surface area contributed by atoms with E-state index in [0.29, 0.717) is 0 Å². The number of nitriles is 2. The number of hydrogen-bond donors (Lipinski definition) is 0. The van der Waals surface area contributed by atoms with Crippen molar-refractivity contribution >= 4 is 0 Å². The van der Waals surface area contributed by atoms with Gasteiger partial charge >= 0.3 is 0 Å². The average molecular weight is 340 g/mol. The largest absolute Gasteiger partial charge is 0.349 e. The summed E-state index contributed by atoms with van der Waals surface area (Å²) >= 11 is 0. The molecule has 3 nitrogen and oxygen atoms in total. The molecular weight excluding hydrogens is 306 g/mol. The van der Waals surface area contributed by atoms with E-state index in [1.807, 2.05) is 24.3 Å². The van der Waals surface area contributed by atoms with Crippen LogP contribution in [0.3, 0.4) is 0 Å². The van der Waals surface area contributed by atoms with Gasteiger partial charge in [-0.3, -0.25) is 0 Å². The molecule has 0 spiro atoms. The fourth-order valence-corrected chi connectivity index (χ4v) is 3.33. The first-order valence-electron chi connectivity index (χ1n) is 9.82. The van der Waals surface area contributed by atoms with Gasteiger partial charge in [0.05, 0.1) is 0 Å². The number of hydrogen-bond acceptors (Lipinski definition) is 3. The van der Waals surface area contributed by atoms with Crippen molar-refractivity contribution in [3.63, 3.8) is 0 Å². The SMILES string of the molecule is CCCCCCCCCCCCN1C(C)=CC(=C(C#N)C#N)C=C1C. The molecule has 0 amide bonds. The van der Waals surface area contributed by atoms with Crippen molar-refractivity contribution in [3.05, 3.63) is 34.7 Å². The zero-order valence-electron chi connectivity index (χ0n) is 16.3. The molecule has 0 bridgehead atoms. The summed E-state index contributed by atoms with van der Waals surface area (Å²) in [7, 11) is 0. The van der Waals surface area contributed by atoms with Crippen LogP contribution in [0.25, 0.3) is 0 Å². The van der Waals surface area contributed by atoms with E-state index >= 15 is 0 Å². The molecule has 0 saturated heterocycles. The van der Waals surface area contributed by atoms with Crippen molar-refractivity contribution in [2.75, 3.05) is 6.54 Å². The van der Waals surface area contributed by atoms with E-state index < -0.39 is 0 Å². The summed E-state index contributed by atoms with van der Waals surface area (Å²) in [6.07, 6.45) is 17.3. The molecule has 0 fully saturated rings. The molecule has 0 saturated carbocycles. The Balaban J connectivity index is 2.28. The predicted molar refractivity (Wildman–Crippen MR) is 104 cm³/mol. The fraction of sp³-hybridized carbons (Fsp3) is 0.636. The third-order valence-corrected chi connectivity index (χ3v) is 4.83. The molecule has 0 radical (unpaired) electrons. The molecule has 0 aromatic carbocycles. The van der Waals surface area contributed by atoms with Gasteiger partial charge in [-0.05, 0) is 32.4 Å². The minimum Gasteiger partial charge on any atom is -0.349 e. The van der Waals surface area contributed by atoms with E-state index in [1.54, 1.807) is 0 Å². The van der Waals surface area contributed by atoms with Gasteiger partial charge in [0.15, 0.2) is 0 Å². The van der Waals surface area contributed by atoms with Gasteiger partial charge in [-0.2, -0.15) is 10.5 Å². The maximum absolute atomic E-state index is 9.02. The van der Waals surface area contributed by atoms with E-state index in [-0.39, 0.29) is 5.57 Å². The van der Waals surface area contributed by atoms with Crippen LogP contribution in [0.1, 0.15) is 85.0 Å². The Morgan fingerprint density at radius 3 is 1.68 bits per heavy atom. The van der Waals surface area contributed by atoms with Gasteiger partial charge in [0.25, 0.3) is 0 Å². The summed E-state index contributed by atoms with van der Waals surface area (Å²) in [4.78, 5) is 2.29. The molecule has 1 aliphatic heterocycles. The number of nitrogens with zero attached hydrogens (tertiary/aromatic N) is 3. The maximum atomic E-state index is 9.02. The van der Waals surface area contributed by atoms with Crippen LogP contribution < -0.4 is 0 Å². The molecule has 136 valence electrons. The van der Waals surface area contributed by atoms with Gasteiger partial charge in [0, 0.05) is 23.5 Å². The van der Waals surface area contributed by atoms with Crippen LogP contribution in [-0.2, 0) is 0 Å². The smallest absolute Gasteiger partial charge is 0.137 e. The monoisotopic (exact) mass is 339 g/mol. The van der Waals surface area contributed by atoms with Gasteiger partial charge in [-0.1, -0.05) is 64.7 Å². The minimum atomic E-state index is 0.192. The van der Waals surface area contributed by atoms with Gasteiger partial charge in [-0.15, -0.1) is 0 Å². The zero-order valence-corrected chi connectivity index (χ0v) is 16.3. The first-order valence-corrected chi connectivity index (χ1v) is 9.82. The van der Waals surface area contributed by atoms with E-state index in [1.165, 1.54) is 64.2 Å². The lowest BCUT2D eigenvalue weighted by molar-refractivity contribution is 0.402. The van der Waals surface area contributed by atoms with Crippen molar-refractivity contribution in [3.8, 4) is 12.1 Å². The normalized spacial score (nSPS) is 13.8. The minimum absolute atomic E-state index is 0.192. The van der Waals surface area contributed by atoms with Gasteiger partial charge < -0.3 is 4.90 Å². The molecule has 25 heavy (non-hydrogen) atoms. The Bertz CT molecular complexity index is 543. The Kier molecular flexibility index (Phi) is 10.4. The molecule has 1 aliphatic rings. The second-order valence-corrected chi connectivity index (χ2v) is 6.96. The Morgan fingerprint density at radius 2 is 1.24 bits per heavy atom. The van der Waals surface area contributed by atoms with Crippen molar-refractivity contribution in [2.24, 2.45) is 0 Å². The molecule has 1 heterocycles. The lowest BCUT2D eigenvalue weighted by Crippen LogP contribution is -2.23. The standard InChI is InChI=1S/C22H33N3/c1-4-5-6-7-8-9-10-11-12-13-14-25-19(2)15-21(16-20(25)3)22(17-23)18-24/h15-16H,4-14H2,1-3H3. The van der Waals surface area contributed by atoms with E-state index in [9.17, 15) is 0 Å². The Morgan fingerprint density at radius 1 is 0.800 bits per heavy atom. The highest BCUT2D eigenvalue weighted by molar-refractivity contribution is 5.53. The van der Waals surface area contributed by atoms with Crippen LogP contribution in [-0.4, -0.2) is 11.4 Å². The summed E-state index contributed by atoms with van der Waals surface area (Å²) in [5.74, 6) is 0. The van der Waals surface area contributed by atoms with Crippen LogP contribution >= 0.6 is 0 Å². The predicted octanol–water partition coefficient (Wildman–Crippen LogP) is 6.37. The average Bonchev–Trinajstić information content (AvgIpc) is 2.59. The van der Waals surface area contributed by atoms with E-state index in [2.05, 4.69) is 25.7 Å². The quantitative estimate of drug-likeness (QED) is 0.324. The third kappa shape index (κ3) is 7.61. The molecular formula is C22H33N3. The van der Waals surface area contributed by atoms with Gasteiger partial charge in [-0.25, -0.2) is 0 Å². The highest BCUT2D eigenvalue weighted by Crippen LogP contribution is 2.25. The van der Waals surface area contributed by atoms with Crippen LogP contribution in [0.5, 0.6) is 0 Å². The molecule has 3 heteroatoms. The van der Waals surface area contributed by atoms with Crippen LogP contribution in [0.2, 0.25) is 0 Å². The third-order valence-electron chi connectivity index (χ3n) is 4.83. The molecule has 0 aromatic heterocycles. The van der Waals surface area contributed by atoms with E-state index in [4.69, 9.17) is 10.5 Å². The number of unbranched alkanes of at least 4 members (excludes halogenated alkanes) is 9. The Hall–Kier alpha value is -2.00. The zero-order chi connectivity index (χ0) is 18.5. The van der Waals surface area contributed by atoms with Crippen LogP contribution in [0.15, 0.2) is 34.7 Å². The molecule has 0 aromatic rings. The summed E-state index contributed by atoms with van der Waals surface area (Å²) in [5.41, 5.74) is 3.17. The number of allylic oxidation sites excluding steroid dienone is 6. The lowest BCUT2D eigenvalue weighted by Gasteiger charge is -2.29. The van der Waals surface area contributed by atoms with Gasteiger partial charge in [0.1, 0.15) is 17.7 Å². The van der Waals surface area contributed by atoms with E-state index in [0.717, 1.165) is 23.5 Å². The maximum Gasteiger partial charge on any atom is 0.137 e. The summed E-state index contributed by atoms with van der Waals surface area (Å²) < 4.78 is 0. The topological polar surface area (TPSA) is 50.8 Å². The summed E-state index contributed by atoms with van der Waals surface area (Å²) in [6, 6.07) is 3.95. The fourth-order valence-electron chi connectivity index (χ4n) is 3.33. The van der Waals surface area contributed by atoms with Crippen molar-refractivity contribution < 1.29 is 0 Å². The van der Waals surface area contributed by atoms with Crippen molar-refractivity contribution in [2.45, 2.75) is 85.0 Å². The van der Waals surface area contributed by atoms with Crippen molar-refractivity contribution in [1.29, 1.82) is 10.5 Å². The molecule has 0 atom stereocenters. The highest BCUT2D eigenvalue weighted by Gasteiger charge is 2.15. The molecule has 0 aliphatic carbocycles. The first-order chi connectivity index (χ1) is 12.1. The van der Waals surface area contributed by atoms with Crippen molar-refractivity contribution in [1.82, 2.24) is 4.90 Å².